The lowest BCUT2D eigenvalue weighted by Gasteiger charge is -2.28. The van der Waals surface area contributed by atoms with E-state index in [0.717, 1.165) is 32.4 Å². The maximum absolute atomic E-state index is 12.8. The van der Waals surface area contributed by atoms with E-state index in [1.807, 2.05) is 11.8 Å². The van der Waals surface area contributed by atoms with Gasteiger partial charge in [0.05, 0.1) is 27.7 Å². The molecule has 2 aliphatic heterocycles. The lowest BCUT2D eigenvalue weighted by atomic mass is 10.1. The lowest BCUT2D eigenvalue weighted by molar-refractivity contribution is -0.384. The van der Waals surface area contributed by atoms with Crippen molar-refractivity contribution in [1.29, 1.82) is 0 Å². The van der Waals surface area contributed by atoms with Crippen molar-refractivity contribution in [2.24, 2.45) is 0 Å². The number of esters is 1. The average molecular weight is 468 g/mol. The molecule has 11 heteroatoms. The van der Waals surface area contributed by atoms with Crippen LogP contribution in [0.3, 0.4) is 0 Å². The zero-order valence-corrected chi connectivity index (χ0v) is 19.0. The highest BCUT2D eigenvalue weighted by molar-refractivity contribution is 7.91. The van der Waals surface area contributed by atoms with Crippen molar-refractivity contribution in [3.05, 3.63) is 33.9 Å². The molecule has 2 heterocycles. The summed E-state index contributed by atoms with van der Waals surface area (Å²) in [5.41, 5.74) is 0.375. The second kappa shape index (κ2) is 10.3. The zero-order valence-electron chi connectivity index (χ0n) is 18.2. The molecule has 3 rings (SSSR count). The molecular formula is C21H29N3O7S. The number of nitrogens with zero attached hydrogens (tertiary/aromatic N) is 3. The molecule has 2 fully saturated rings. The molecule has 2 aliphatic rings. The van der Waals surface area contributed by atoms with Gasteiger partial charge in [-0.25, -0.2) is 13.2 Å². The predicted octanol–water partition coefficient (Wildman–Crippen LogP) is 2.17. The number of hydrogen-bond donors (Lipinski definition) is 0. The van der Waals surface area contributed by atoms with Crippen LogP contribution < -0.4 is 4.90 Å². The Morgan fingerprint density at radius 1 is 1.28 bits per heavy atom. The summed E-state index contributed by atoms with van der Waals surface area (Å²) >= 11 is 0. The van der Waals surface area contributed by atoms with Crippen LogP contribution in [-0.4, -0.2) is 73.9 Å². The number of benzene rings is 1. The molecule has 1 aromatic carbocycles. The first-order valence-electron chi connectivity index (χ1n) is 10.9. The third-order valence-corrected chi connectivity index (χ3v) is 7.66. The third-order valence-electron chi connectivity index (χ3n) is 5.91. The second-order valence-electron chi connectivity index (χ2n) is 8.23. The van der Waals surface area contributed by atoms with E-state index >= 15 is 0 Å². The van der Waals surface area contributed by atoms with Crippen LogP contribution >= 0.6 is 0 Å². The van der Waals surface area contributed by atoms with Crippen LogP contribution in [0.25, 0.3) is 0 Å². The molecule has 1 aromatic rings. The summed E-state index contributed by atoms with van der Waals surface area (Å²) in [6.07, 6.45) is 3.83. The van der Waals surface area contributed by atoms with Crippen LogP contribution in [0.1, 0.15) is 49.4 Å². The third kappa shape index (κ3) is 5.76. The maximum atomic E-state index is 12.8. The van der Waals surface area contributed by atoms with E-state index in [2.05, 4.69) is 0 Å². The summed E-state index contributed by atoms with van der Waals surface area (Å²) in [7, 11) is -3.17. The summed E-state index contributed by atoms with van der Waals surface area (Å²) in [4.78, 5) is 39.7. The van der Waals surface area contributed by atoms with E-state index in [9.17, 15) is 28.1 Å². The Morgan fingerprint density at radius 2 is 2.00 bits per heavy atom. The minimum atomic E-state index is -3.17. The molecule has 0 N–H and O–H groups in total. The monoisotopic (exact) mass is 467 g/mol. The Hall–Kier alpha value is -2.69. The van der Waals surface area contributed by atoms with Crippen LogP contribution in [0, 0.1) is 10.1 Å². The van der Waals surface area contributed by atoms with Crippen molar-refractivity contribution in [1.82, 2.24) is 4.90 Å². The Kier molecular flexibility index (Phi) is 7.70. The molecule has 0 saturated carbocycles. The summed E-state index contributed by atoms with van der Waals surface area (Å²) in [5, 5.41) is 11.2. The number of non-ortho nitro benzene ring substituents is 1. The van der Waals surface area contributed by atoms with Crippen LogP contribution in [0.4, 0.5) is 11.4 Å². The quantitative estimate of drug-likeness (QED) is 0.307. The molecule has 1 unspecified atom stereocenters. The standard InChI is InChI=1S/C21H29N3O7S/c1-2-3-11-23(17-8-12-32(29,30)15-17)20(25)14-31-21(26)18-13-16(24(27)28)6-7-19(18)22-9-4-5-10-22/h6-7,13,17H,2-5,8-12,14-15H2,1H3. The van der Waals surface area contributed by atoms with E-state index < -0.39 is 39.3 Å². The zero-order chi connectivity index (χ0) is 23.3. The van der Waals surface area contributed by atoms with Crippen molar-refractivity contribution in [3.63, 3.8) is 0 Å². The molecule has 1 amide bonds. The summed E-state index contributed by atoms with van der Waals surface area (Å²) in [5.74, 6) is -1.30. The number of ether oxygens (including phenoxy) is 1. The van der Waals surface area contributed by atoms with E-state index in [1.54, 1.807) is 6.07 Å². The van der Waals surface area contributed by atoms with Gasteiger partial charge in [0.15, 0.2) is 16.4 Å². The van der Waals surface area contributed by atoms with Gasteiger partial charge in [-0.05, 0) is 31.7 Å². The Morgan fingerprint density at radius 3 is 2.59 bits per heavy atom. The highest BCUT2D eigenvalue weighted by atomic mass is 32.2. The van der Waals surface area contributed by atoms with E-state index in [-0.39, 0.29) is 22.8 Å². The van der Waals surface area contributed by atoms with Crippen LogP contribution in [0.5, 0.6) is 0 Å². The van der Waals surface area contributed by atoms with E-state index in [0.29, 0.717) is 25.1 Å². The minimum absolute atomic E-state index is 0.0419. The van der Waals surface area contributed by atoms with Gasteiger partial charge in [0.1, 0.15) is 0 Å². The topological polar surface area (TPSA) is 127 Å². The largest absolute Gasteiger partial charge is 0.452 e. The number of hydrogen-bond acceptors (Lipinski definition) is 8. The predicted molar refractivity (Wildman–Crippen MR) is 119 cm³/mol. The lowest BCUT2D eigenvalue weighted by Crippen LogP contribution is -2.44. The Labute approximate surface area is 187 Å². The van der Waals surface area contributed by atoms with Crippen molar-refractivity contribution >= 4 is 33.1 Å². The van der Waals surface area contributed by atoms with E-state index in [4.69, 9.17) is 4.74 Å². The number of nitro groups is 1. The fourth-order valence-corrected chi connectivity index (χ4v) is 5.91. The van der Waals surface area contributed by atoms with Gasteiger partial charge in [0.25, 0.3) is 11.6 Å². The molecule has 1 atom stereocenters. The number of carbonyl (C=O) groups excluding carboxylic acids is 2. The number of amides is 1. The highest BCUT2D eigenvalue weighted by Gasteiger charge is 2.35. The Bertz CT molecular complexity index is 974. The molecular weight excluding hydrogens is 438 g/mol. The second-order valence-corrected chi connectivity index (χ2v) is 10.5. The minimum Gasteiger partial charge on any atom is -0.452 e. The molecule has 0 radical (unpaired) electrons. The van der Waals surface area contributed by atoms with E-state index in [1.165, 1.54) is 17.0 Å². The molecule has 10 nitrogen and oxygen atoms in total. The van der Waals surface area contributed by atoms with Gasteiger partial charge in [-0.3, -0.25) is 14.9 Å². The van der Waals surface area contributed by atoms with Crippen molar-refractivity contribution < 1.29 is 27.7 Å². The number of carbonyl (C=O) groups is 2. The van der Waals surface area contributed by atoms with Gasteiger partial charge in [-0.1, -0.05) is 13.3 Å². The first kappa shape index (κ1) is 24.0. The Balaban J connectivity index is 1.73. The number of sulfone groups is 1. The highest BCUT2D eigenvalue weighted by Crippen LogP contribution is 2.29. The fourth-order valence-electron chi connectivity index (χ4n) is 4.18. The summed E-state index contributed by atoms with van der Waals surface area (Å²) in [6, 6.07) is 3.65. The average Bonchev–Trinajstić information content (AvgIpc) is 3.41. The fraction of sp³-hybridized carbons (Fsp3) is 0.619. The van der Waals surface area contributed by atoms with Gasteiger partial charge in [0, 0.05) is 37.8 Å². The molecule has 0 spiro atoms. The summed E-state index contributed by atoms with van der Waals surface area (Å²) in [6.45, 7) is 3.29. The van der Waals surface area contributed by atoms with Gasteiger partial charge >= 0.3 is 5.97 Å². The SMILES string of the molecule is CCCCN(C(=O)COC(=O)c1cc([N+](=O)[O-])ccc1N1CCCC1)C1CCS(=O)(=O)C1. The van der Waals surface area contributed by atoms with Gasteiger partial charge < -0.3 is 14.5 Å². The van der Waals surface area contributed by atoms with Crippen molar-refractivity contribution in [2.75, 3.05) is 42.6 Å². The van der Waals surface area contributed by atoms with Gasteiger partial charge in [-0.2, -0.15) is 0 Å². The smallest absolute Gasteiger partial charge is 0.341 e. The normalized spacial score (nSPS) is 19.7. The van der Waals surface area contributed by atoms with Gasteiger partial charge in [0.2, 0.25) is 0 Å². The molecule has 2 saturated heterocycles. The van der Waals surface area contributed by atoms with Crippen LogP contribution in [0.15, 0.2) is 18.2 Å². The van der Waals surface area contributed by atoms with Gasteiger partial charge in [-0.15, -0.1) is 0 Å². The first-order chi connectivity index (χ1) is 15.2. The number of anilines is 1. The first-order valence-corrected chi connectivity index (χ1v) is 12.7. The summed E-state index contributed by atoms with van der Waals surface area (Å²) < 4.78 is 29.0. The number of unbranched alkanes of at least 4 members (excludes halogenated alkanes) is 1. The molecule has 32 heavy (non-hydrogen) atoms. The number of rotatable bonds is 9. The molecule has 0 aromatic heterocycles. The van der Waals surface area contributed by atoms with Crippen LogP contribution in [0.2, 0.25) is 0 Å². The van der Waals surface area contributed by atoms with Crippen molar-refractivity contribution in [3.8, 4) is 0 Å². The number of nitro benzene ring substituents is 1. The maximum Gasteiger partial charge on any atom is 0.341 e. The molecule has 176 valence electrons. The van der Waals surface area contributed by atoms with Crippen molar-refractivity contribution in [2.45, 2.75) is 45.1 Å². The van der Waals surface area contributed by atoms with Crippen LogP contribution in [-0.2, 0) is 19.4 Å². The molecule has 0 aliphatic carbocycles. The molecule has 0 bridgehead atoms.